The van der Waals surface area contributed by atoms with Gasteiger partial charge < -0.3 is 0 Å². The van der Waals surface area contributed by atoms with Crippen LogP contribution in [0.15, 0.2) is 53.3 Å². The molecule has 0 radical (unpaired) electrons. The molecule has 2 aromatic rings. The fourth-order valence-electron chi connectivity index (χ4n) is 1.67. The second-order valence-corrected chi connectivity index (χ2v) is 5.47. The van der Waals surface area contributed by atoms with Crippen LogP contribution in [0.25, 0.3) is 12.2 Å². The van der Waals surface area contributed by atoms with Crippen LogP contribution in [0.1, 0.15) is 31.0 Å². The van der Waals surface area contributed by atoms with Crippen molar-refractivity contribution in [2.24, 2.45) is 0 Å². The summed E-state index contributed by atoms with van der Waals surface area (Å²) in [4.78, 5) is 0. The van der Waals surface area contributed by atoms with Gasteiger partial charge in [0.2, 0.25) is 0 Å². The van der Waals surface area contributed by atoms with Crippen molar-refractivity contribution in [3.8, 4) is 0 Å². The van der Waals surface area contributed by atoms with Crippen molar-refractivity contribution in [2.75, 3.05) is 0 Å². The van der Waals surface area contributed by atoms with Crippen LogP contribution in [0, 0.1) is 0 Å². The predicted molar refractivity (Wildman–Crippen MR) is 80.1 cm³/mol. The second kappa shape index (κ2) is 5.96. The maximum Gasteiger partial charge on any atom is 0.169 e. The molecule has 92 valence electrons. The molecule has 0 saturated carbocycles. The van der Waals surface area contributed by atoms with E-state index < -0.39 is 0 Å². The molecule has 0 aliphatic heterocycles. The first-order valence-electron chi connectivity index (χ1n) is 6.09. The molecule has 0 saturated heterocycles. The first kappa shape index (κ1) is 13.0. The second-order valence-electron chi connectivity index (χ2n) is 4.56. The fraction of sp³-hybridized carbons (Fsp3) is 0.188. The Morgan fingerprint density at radius 3 is 1.89 bits per heavy atom. The number of benzene rings is 1. The molecule has 18 heavy (non-hydrogen) atoms. The van der Waals surface area contributed by atoms with Crippen LogP contribution in [-0.4, -0.2) is 0 Å². The van der Waals surface area contributed by atoms with E-state index >= 15 is 0 Å². The number of pyridine rings is 1. The summed E-state index contributed by atoms with van der Waals surface area (Å²) in [5.74, 6) is 0. The highest BCUT2D eigenvalue weighted by Gasteiger charge is 2.03. The third-order valence-corrected chi connectivity index (χ3v) is 3.34. The van der Waals surface area contributed by atoms with Crippen LogP contribution >= 0.6 is 15.9 Å². The van der Waals surface area contributed by atoms with Gasteiger partial charge in [0.1, 0.15) is 0 Å². The van der Waals surface area contributed by atoms with Gasteiger partial charge in [0.15, 0.2) is 18.4 Å². The summed E-state index contributed by atoms with van der Waals surface area (Å²) in [6, 6.07) is 13.1. The summed E-state index contributed by atoms with van der Waals surface area (Å²) in [6.07, 6.45) is 8.49. The lowest BCUT2D eigenvalue weighted by atomic mass is 10.1. The quantitative estimate of drug-likeness (QED) is 0.736. The molecule has 1 aromatic carbocycles. The van der Waals surface area contributed by atoms with Crippen LogP contribution in [0.4, 0.5) is 0 Å². The number of aromatic nitrogens is 1. The Hall–Kier alpha value is -1.41. The molecule has 0 N–H and O–H groups in total. The Balaban J connectivity index is 2.11. The topological polar surface area (TPSA) is 3.88 Å². The molecule has 2 rings (SSSR count). The maximum absolute atomic E-state index is 3.44. The van der Waals surface area contributed by atoms with E-state index in [1.807, 2.05) is 0 Å². The SMILES string of the molecule is CC(C)[n+]1ccc(C=Cc2ccc(Br)cc2)cc1. The first-order valence-corrected chi connectivity index (χ1v) is 6.89. The molecule has 0 unspecified atom stereocenters. The third kappa shape index (κ3) is 3.54. The number of nitrogens with zero attached hydrogens (tertiary/aromatic N) is 1. The van der Waals surface area contributed by atoms with Crippen molar-refractivity contribution < 1.29 is 4.57 Å². The van der Waals surface area contributed by atoms with E-state index in [-0.39, 0.29) is 0 Å². The molecule has 0 spiro atoms. The van der Waals surface area contributed by atoms with Gasteiger partial charge in [-0.1, -0.05) is 40.2 Å². The number of rotatable bonds is 3. The van der Waals surface area contributed by atoms with Gasteiger partial charge in [0.05, 0.1) is 0 Å². The van der Waals surface area contributed by atoms with Crippen LogP contribution in [-0.2, 0) is 0 Å². The van der Waals surface area contributed by atoms with E-state index in [1.165, 1.54) is 11.1 Å². The zero-order valence-corrected chi connectivity index (χ0v) is 12.3. The summed E-state index contributed by atoms with van der Waals surface area (Å²) in [7, 11) is 0. The number of halogens is 1. The molecule has 1 nitrogen and oxygen atoms in total. The van der Waals surface area contributed by atoms with Gasteiger partial charge in [-0.25, -0.2) is 4.57 Å². The molecular weight excluding hydrogens is 286 g/mol. The maximum atomic E-state index is 3.44. The zero-order chi connectivity index (χ0) is 13.0. The number of hydrogen-bond acceptors (Lipinski definition) is 0. The average Bonchev–Trinajstić information content (AvgIpc) is 2.38. The van der Waals surface area contributed by atoms with E-state index in [1.54, 1.807) is 0 Å². The lowest BCUT2D eigenvalue weighted by Gasteiger charge is -1.99. The summed E-state index contributed by atoms with van der Waals surface area (Å²) in [5.41, 5.74) is 2.42. The van der Waals surface area contributed by atoms with Gasteiger partial charge >= 0.3 is 0 Å². The van der Waals surface area contributed by atoms with Gasteiger partial charge in [0, 0.05) is 16.6 Å². The minimum Gasteiger partial charge on any atom is -0.203 e. The molecule has 0 atom stereocenters. The van der Waals surface area contributed by atoms with Gasteiger partial charge in [-0.15, -0.1) is 0 Å². The monoisotopic (exact) mass is 302 g/mol. The highest BCUT2D eigenvalue weighted by Crippen LogP contribution is 2.13. The first-order chi connectivity index (χ1) is 8.65. The summed E-state index contributed by atoms with van der Waals surface area (Å²) in [5, 5.41) is 0. The smallest absolute Gasteiger partial charge is 0.169 e. The molecule has 0 amide bonds. The molecular formula is C16H17BrN+. The molecule has 0 aliphatic rings. The van der Waals surface area contributed by atoms with Crippen molar-refractivity contribution in [3.05, 3.63) is 64.4 Å². The molecule has 0 aliphatic carbocycles. The summed E-state index contributed by atoms with van der Waals surface area (Å²) in [6.45, 7) is 4.36. The lowest BCUT2D eigenvalue weighted by Crippen LogP contribution is -2.34. The predicted octanol–water partition coefficient (Wildman–Crippen LogP) is 4.49. The van der Waals surface area contributed by atoms with Crippen LogP contribution in [0.3, 0.4) is 0 Å². The zero-order valence-electron chi connectivity index (χ0n) is 10.7. The minimum absolute atomic E-state index is 0.509. The van der Waals surface area contributed by atoms with Crippen molar-refractivity contribution in [1.82, 2.24) is 0 Å². The summed E-state index contributed by atoms with van der Waals surface area (Å²) >= 11 is 3.44. The minimum atomic E-state index is 0.509. The van der Waals surface area contributed by atoms with E-state index in [9.17, 15) is 0 Å². The van der Waals surface area contributed by atoms with Crippen LogP contribution in [0.2, 0.25) is 0 Å². The van der Waals surface area contributed by atoms with E-state index in [2.05, 4.69) is 95.3 Å². The highest BCUT2D eigenvalue weighted by atomic mass is 79.9. The Kier molecular flexibility index (Phi) is 4.32. The van der Waals surface area contributed by atoms with E-state index in [0.717, 1.165) is 4.47 Å². The third-order valence-electron chi connectivity index (χ3n) is 2.81. The highest BCUT2D eigenvalue weighted by molar-refractivity contribution is 9.10. The Labute approximate surface area is 117 Å². The molecule has 0 bridgehead atoms. The molecule has 1 aromatic heterocycles. The average molecular weight is 303 g/mol. The van der Waals surface area contributed by atoms with Crippen LogP contribution in [0.5, 0.6) is 0 Å². The van der Waals surface area contributed by atoms with Crippen molar-refractivity contribution in [2.45, 2.75) is 19.9 Å². The van der Waals surface area contributed by atoms with Crippen molar-refractivity contribution in [3.63, 3.8) is 0 Å². The molecule has 0 fully saturated rings. The van der Waals surface area contributed by atoms with Crippen LogP contribution < -0.4 is 4.57 Å². The van der Waals surface area contributed by atoms with E-state index in [4.69, 9.17) is 0 Å². The number of hydrogen-bond donors (Lipinski definition) is 0. The Bertz CT molecular complexity index is 524. The summed E-state index contributed by atoms with van der Waals surface area (Å²) < 4.78 is 3.30. The Morgan fingerprint density at radius 2 is 1.39 bits per heavy atom. The Morgan fingerprint density at radius 1 is 0.889 bits per heavy atom. The normalized spacial score (nSPS) is 11.3. The standard InChI is InChI=1S/C16H17BrN/c1-13(2)18-11-9-15(10-12-18)4-3-14-5-7-16(17)8-6-14/h3-13H,1-2H3/q+1. The fourth-order valence-corrected chi connectivity index (χ4v) is 1.94. The molecule has 1 heterocycles. The van der Waals surface area contributed by atoms with Gasteiger partial charge in [-0.05, 0) is 37.1 Å². The largest absolute Gasteiger partial charge is 0.203 e. The van der Waals surface area contributed by atoms with E-state index in [0.29, 0.717) is 6.04 Å². The van der Waals surface area contributed by atoms with Crippen molar-refractivity contribution in [1.29, 1.82) is 0 Å². The van der Waals surface area contributed by atoms with Gasteiger partial charge in [0.25, 0.3) is 0 Å². The van der Waals surface area contributed by atoms with Gasteiger partial charge in [-0.3, -0.25) is 0 Å². The molecule has 2 heteroatoms. The van der Waals surface area contributed by atoms with Gasteiger partial charge in [-0.2, -0.15) is 0 Å². The van der Waals surface area contributed by atoms with Crippen molar-refractivity contribution >= 4 is 28.1 Å². The lowest BCUT2D eigenvalue weighted by molar-refractivity contribution is -0.716.